The largest absolute Gasteiger partial charge is 0.456 e. The minimum absolute atomic E-state index is 0.260. The van der Waals surface area contributed by atoms with Crippen molar-refractivity contribution in [1.29, 1.82) is 0 Å². The Morgan fingerprint density at radius 1 is 0.490 bits per heavy atom. The van der Waals surface area contributed by atoms with E-state index in [9.17, 15) is 0 Å². The van der Waals surface area contributed by atoms with Crippen molar-refractivity contribution in [2.45, 2.75) is 12.3 Å². The zero-order valence-corrected chi connectivity index (χ0v) is 27.7. The van der Waals surface area contributed by atoms with Crippen LogP contribution in [0.3, 0.4) is 0 Å². The van der Waals surface area contributed by atoms with Crippen molar-refractivity contribution in [3.8, 4) is 45.3 Å². The van der Waals surface area contributed by atoms with Crippen molar-refractivity contribution in [3.63, 3.8) is 0 Å². The molecule has 1 aliphatic carbocycles. The van der Waals surface area contributed by atoms with Gasteiger partial charge in [0.25, 0.3) is 0 Å². The number of hydrogen-bond donors (Lipinski definition) is 0. The average molecular weight is 654 g/mol. The lowest BCUT2D eigenvalue weighted by molar-refractivity contribution is 0.669. The quantitative estimate of drug-likeness (QED) is 0.185. The number of benzene rings is 7. The van der Waals surface area contributed by atoms with E-state index in [4.69, 9.17) is 19.4 Å². The number of fused-ring (bicyclic) bond motifs is 5. The van der Waals surface area contributed by atoms with Gasteiger partial charge in [0.15, 0.2) is 17.5 Å². The van der Waals surface area contributed by atoms with Crippen LogP contribution in [0.15, 0.2) is 168 Å². The summed E-state index contributed by atoms with van der Waals surface area (Å²) in [6.45, 7) is 0. The molecule has 0 bridgehead atoms. The van der Waals surface area contributed by atoms with E-state index in [1.165, 1.54) is 16.7 Å². The summed E-state index contributed by atoms with van der Waals surface area (Å²) >= 11 is 0. The number of nitrogens with zero attached hydrogens (tertiary/aromatic N) is 3. The van der Waals surface area contributed by atoms with Crippen molar-refractivity contribution in [2.75, 3.05) is 0 Å². The lowest BCUT2D eigenvalue weighted by Crippen LogP contribution is -2.06. The van der Waals surface area contributed by atoms with E-state index in [-0.39, 0.29) is 5.92 Å². The van der Waals surface area contributed by atoms with Gasteiger partial charge in [-0.1, -0.05) is 140 Å². The maximum atomic E-state index is 6.65. The highest BCUT2D eigenvalue weighted by Gasteiger charge is 2.22. The summed E-state index contributed by atoms with van der Waals surface area (Å²) in [4.78, 5) is 15.6. The Morgan fingerprint density at radius 3 is 1.98 bits per heavy atom. The molecule has 2 aromatic heterocycles. The highest BCUT2D eigenvalue weighted by atomic mass is 16.3. The van der Waals surface area contributed by atoms with Crippen LogP contribution in [0.4, 0.5) is 0 Å². The summed E-state index contributed by atoms with van der Waals surface area (Å²) in [6, 6.07) is 55.1. The van der Waals surface area contributed by atoms with Crippen molar-refractivity contribution in [2.24, 2.45) is 0 Å². The first-order chi connectivity index (χ1) is 25.2. The maximum absolute atomic E-state index is 6.65. The van der Waals surface area contributed by atoms with Crippen LogP contribution in [-0.4, -0.2) is 15.0 Å². The maximum Gasteiger partial charge on any atom is 0.164 e. The zero-order chi connectivity index (χ0) is 33.7. The van der Waals surface area contributed by atoms with Crippen molar-refractivity contribution in [1.82, 2.24) is 15.0 Å². The molecule has 240 valence electrons. The first-order valence-electron chi connectivity index (χ1n) is 17.4. The molecular weight excluding hydrogens is 623 g/mol. The van der Waals surface area contributed by atoms with Gasteiger partial charge in [-0.25, -0.2) is 15.0 Å². The molecular formula is C47H31N3O. The molecule has 0 saturated heterocycles. The summed E-state index contributed by atoms with van der Waals surface area (Å²) in [5.41, 5.74) is 10.4. The van der Waals surface area contributed by atoms with Crippen LogP contribution >= 0.6 is 0 Å². The fourth-order valence-corrected chi connectivity index (χ4v) is 7.56. The van der Waals surface area contributed by atoms with E-state index < -0.39 is 0 Å². The summed E-state index contributed by atoms with van der Waals surface area (Å²) in [7, 11) is 0. The Bertz CT molecular complexity index is 2780. The van der Waals surface area contributed by atoms with Crippen LogP contribution in [0.2, 0.25) is 0 Å². The van der Waals surface area contributed by atoms with Gasteiger partial charge in [0.05, 0.1) is 0 Å². The smallest absolute Gasteiger partial charge is 0.164 e. The second-order valence-corrected chi connectivity index (χ2v) is 13.2. The third-order valence-corrected chi connectivity index (χ3v) is 10.0. The molecule has 0 radical (unpaired) electrons. The minimum Gasteiger partial charge on any atom is -0.456 e. The number of hydrogen-bond acceptors (Lipinski definition) is 4. The molecule has 0 amide bonds. The molecule has 0 fully saturated rings. The standard InChI is InChI=1S/C47H31N3O/c1-3-13-30(14-4-1)37-27-41(44-40-26-33-18-7-8-19-34(33)28-42(40)51-43(44)29-37)47-49-45(32-16-5-2-6-17-32)48-46(50-47)36-22-11-21-35(25-36)39-24-12-20-31-15-9-10-23-38(31)39/h1-23,25-29,39H,24H2. The van der Waals surface area contributed by atoms with E-state index in [1.807, 2.05) is 24.3 Å². The van der Waals surface area contributed by atoms with Crippen molar-refractivity contribution >= 4 is 38.8 Å². The molecule has 4 heteroatoms. The van der Waals surface area contributed by atoms with Gasteiger partial charge in [0, 0.05) is 33.4 Å². The summed E-state index contributed by atoms with van der Waals surface area (Å²) in [5, 5.41) is 4.32. The summed E-state index contributed by atoms with van der Waals surface area (Å²) < 4.78 is 6.65. The third kappa shape index (κ3) is 5.20. The van der Waals surface area contributed by atoms with E-state index in [2.05, 4.69) is 146 Å². The molecule has 0 N–H and O–H groups in total. The predicted molar refractivity (Wildman–Crippen MR) is 208 cm³/mol. The van der Waals surface area contributed by atoms with Gasteiger partial charge >= 0.3 is 0 Å². The van der Waals surface area contributed by atoms with Gasteiger partial charge in [-0.2, -0.15) is 0 Å². The summed E-state index contributed by atoms with van der Waals surface area (Å²) in [6.07, 6.45) is 5.45. The van der Waals surface area contributed by atoms with E-state index >= 15 is 0 Å². The molecule has 4 nitrogen and oxygen atoms in total. The fraction of sp³-hybridized carbons (Fsp3) is 0.0426. The van der Waals surface area contributed by atoms with Crippen molar-refractivity contribution < 1.29 is 4.42 Å². The number of furan rings is 1. The molecule has 10 rings (SSSR count). The van der Waals surface area contributed by atoms with Crippen LogP contribution in [0, 0.1) is 0 Å². The highest BCUT2D eigenvalue weighted by Crippen LogP contribution is 2.42. The molecule has 2 heterocycles. The third-order valence-electron chi connectivity index (χ3n) is 10.0. The Balaban J connectivity index is 1.22. The van der Waals surface area contributed by atoms with Crippen LogP contribution in [-0.2, 0) is 0 Å². The second-order valence-electron chi connectivity index (χ2n) is 13.2. The lowest BCUT2D eigenvalue weighted by atomic mass is 9.82. The molecule has 1 atom stereocenters. The van der Waals surface area contributed by atoms with Gasteiger partial charge in [-0.05, 0) is 75.3 Å². The Labute approximate surface area is 295 Å². The SMILES string of the molecule is C1=Cc2ccccc2C(c2cccc(-c3nc(-c4ccccc4)nc(-c4cc(-c5ccccc5)cc5oc6cc7ccccc7cc6c45)n3)c2)C1. The van der Waals surface area contributed by atoms with E-state index in [0.717, 1.165) is 66.9 Å². The molecule has 1 aliphatic rings. The Hall–Kier alpha value is -6.65. The first-order valence-corrected chi connectivity index (χ1v) is 17.4. The molecule has 9 aromatic rings. The van der Waals surface area contributed by atoms with Crippen LogP contribution in [0.25, 0.3) is 84.1 Å². The van der Waals surface area contributed by atoms with E-state index in [1.54, 1.807) is 0 Å². The van der Waals surface area contributed by atoms with E-state index in [0.29, 0.717) is 17.5 Å². The van der Waals surface area contributed by atoms with Gasteiger partial charge in [0.2, 0.25) is 0 Å². The molecule has 7 aromatic carbocycles. The Morgan fingerprint density at radius 2 is 1.16 bits per heavy atom. The van der Waals surface area contributed by atoms with Crippen LogP contribution in [0.1, 0.15) is 29.0 Å². The normalized spacial score (nSPS) is 13.9. The van der Waals surface area contributed by atoms with Gasteiger partial charge < -0.3 is 4.42 Å². The predicted octanol–water partition coefficient (Wildman–Crippen LogP) is 12.1. The minimum atomic E-state index is 0.260. The summed E-state index contributed by atoms with van der Waals surface area (Å²) in [5.74, 6) is 2.13. The highest BCUT2D eigenvalue weighted by molar-refractivity contribution is 6.16. The fourth-order valence-electron chi connectivity index (χ4n) is 7.56. The van der Waals surface area contributed by atoms with Gasteiger partial charge in [-0.3, -0.25) is 0 Å². The average Bonchev–Trinajstić information content (AvgIpc) is 3.57. The van der Waals surface area contributed by atoms with Crippen LogP contribution in [0.5, 0.6) is 0 Å². The lowest BCUT2D eigenvalue weighted by Gasteiger charge is -2.22. The van der Waals surface area contributed by atoms with Crippen molar-refractivity contribution in [3.05, 3.63) is 180 Å². The molecule has 0 saturated carbocycles. The zero-order valence-electron chi connectivity index (χ0n) is 27.7. The topological polar surface area (TPSA) is 51.8 Å². The number of allylic oxidation sites excluding steroid dienone is 1. The monoisotopic (exact) mass is 653 g/mol. The van der Waals surface area contributed by atoms with Gasteiger partial charge in [-0.15, -0.1) is 0 Å². The second kappa shape index (κ2) is 12.0. The molecule has 0 aliphatic heterocycles. The first kappa shape index (κ1) is 29.3. The van der Waals surface area contributed by atoms with Crippen LogP contribution < -0.4 is 0 Å². The molecule has 51 heavy (non-hydrogen) atoms. The molecule has 1 unspecified atom stereocenters. The number of rotatable bonds is 5. The number of aromatic nitrogens is 3. The Kier molecular flexibility index (Phi) is 6.91. The molecule has 0 spiro atoms. The van der Waals surface area contributed by atoms with Gasteiger partial charge in [0.1, 0.15) is 11.2 Å².